The van der Waals surface area contributed by atoms with Gasteiger partial charge in [-0.1, -0.05) is 23.4 Å². The number of carbonyl (C=O) groups is 1. The van der Waals surface area contributed by atoms with Crippen molar-refractivity contribution < 1.29 is 13.7 Å². The quantitative estimate of drug-likeness (QED) is 0.615. The van der Waals surface area contributed by atoms with Crippen molar-refractivity contribution in [2.45, 2.75) is 6.54 Å². The van der Waals surface area contributed by atoms with Gasteiger partial charge < -0.3 is 9.42 Å². The van der Waals surface area contributed by atoms with Crippen molar-refractivity contribution in [2.75, 3.05) is 26.2 Å². The second-order valence-corrected chi connectivity index (χ2v) is 7.43. The molecule has 1 fully saturated rings. The molecule has 2 aromatic carbocycles. The third-order valence-corrected chi connectivity index (χ3v) is 5.36. The van der Waals surface area contributed by atoms with Gasteiger partial charge in [-0.05, 0) is 46.3 Å². The summed E-state index contributed by atoms with van der Waals surface area (Å²) in [6, 6.07) is 13.5. The molecule has 2 heterocycles. The summed E-state index contributed by atoms with van der Waals surface area (Å²) < 4.78 is 19.4. The third kappa shape index (κ3) is 4.13. The summed E-state index contributed by atoms with van der Waals surface area (Å²) in [4.78, 5) is 21.1. The number of piperazine rings is 1. The van der Waals surface area contributed by atoms with Crippen LogP contribution in [0, 0.1) is 5.82 Å². The molecule has 0 atom stereocenters. The summed E-state index contributed by atoms with van der Waals surface area (Å²) in [5, 5.41) is 3.99. The molecule has 0 N–H and O–H groups in total. The molecule has 0 aliphatic carbocycles. The van der Waals surface area contributed by atoms with Gasteiger partial charge in [0, 0.05) is 36.2 Å². The lowest BCUT2D eigenvalue weighted by molar-refractivity contribution is 0.0623. The van der Waals surface area contributed by atoms with Gasteiger partial charge in [0.05, 0.1) is 12.1 Å². The fraction of sp³-hybridized carbons (Fsp3) is 0.250. The van der Waals surface area contributed by atoms with E-state index in [1.807, 2.05) is 29.2 Å². The summed E-state index contributed by atoms with van der Waals surface area (Å²) >= 11 is 3.44. The van der Waals surface area contributed by atoms with Crippen LogP contribution < -0.4 is 0 Å². The lowest BCUT2D eigenvalue weighted by Crippen LogP contribution is -2.48. The van der Waals surface area contributed by atoms with Gasteiger partial charge in [-0.3, -0.25) is 9.69 Å². The maximum Gasteiger partial charge on any atom is 0.258 e. The minimum Gasteiger partial charge on any atom is -0.336 e. The van der Waals surface area contributed by atoms with Crippen molar-refractivity contribution in [3.63, 3.8) is 0 Å². The lowest BCUT2D eigenvalue weighted by atomic mass is 10.2. The number of carbonyl (C=O) groups excluding carboxylic acids is 1. The van der Waals surface area contributed by atoms with Crippen LogP contribution >= 0.6 is 15.9 Å². The third-order valence-electron chi connectivity index (χ3n) is 4.67. The maximum atomic E-state index is 13.3. The van der Waals surface area contributed by atoms with E-state index in [2.05, 4.69) is 31.0 Å². The van der Waals surface area contributed by atoms with Crippen molar-refractivity contribution in [3.8, 4) is 11.5 Å². The molecule has 1 amide bonds. The van der Waals surface area contributed by atoms with Crippen LogP contribution in [0.25, 0.3) is 11.5 Å². The first-order valence-corrected chi connectivity index (χ1v) is 9.74. The molecule has 144 valence electrons. The van der Waals surface area contributed by atoms with Crippen molar-refractivity contribution in [1.82, 2.24) is 19.9 Å². The summed E-state index contributed by atoms with van der Waals surface area (Å²) in [6.07, 6.45) is 0. The Kier molecular flexibility index (Phi) is 5.50. The molecule has 1 aliphatic heterocycles. The fourth-order valence-corrected chi connectivity index (χ4v) is 3.63. The average Bonchev–Trinajstić information content (AvgIpc) is 3.17. The zero-order valence-corrected chi connectivity index (χ0v) is 16.6. The van der Waals surface area contributed by atoms with Crippen LogP contribution in [-0.2, 0) is 6.54 Å². The number of amides is 1. The highest BCUT2D eigenvalue weighted by molar-refractivity contribution is 9.10. The Hall–Kier alpha value is -2.58. The van der Waals surface area contributed by atoms with E-state index in [1.165, 1.54) is 12.1 Å². The minimum absolute atomic E-state index is 0.0278. The first-order valence-electron chi connectivity index (χ1n) is 8.95. The zero-order valence-electron chi connectivity index (χ0n) is 15.0. The second-order valence-electron chi connectivity index (χ2n) is 6.57. The molecule has 0 unspecified atom stereocenters. The molecule has 1 aliphatic rings. The second kappa shape index (κ2) is 8.20. The molecule has 1 aromatic heterocycles. The number of rotatable bonds is 4. The summed E-state index contributed by atoms with van der Waals surface area (Å²) in [7, 11) is 0. The van der Waals surface area contributed by atoms with Crippen LogP contribution in [0.4, 0.5) is 4.39 Å². The predicted octanol–water partition coefficient (Wildman–Crippen LogP) is 3.60. The zero-order chi connectivity index (χ0) is 19.5. The molecule has 0 bridgehead atoms. The number of hydrogen-bond donors (Lipinski definition) is 0. The summed E-state index contributed by atoms with van der Waals surface area (Å²) in [5.41, 5.74) is 1.23. The SMILES string of the molecule is O=C(c1ccccc1Br)N1CCN(Cc2noc(-c3cccc(F)c3)n2)CC1. The topological polar surface area (TPSA) is 62.5 Å². The first-order chi connectivity index (χ1) is 13.6. The van der Waals surface area contributed by atoms with E-state index in [0.29, 0.717) is 42.5 Å². The molecular formula is C20H18BrFN4O2. The molecule has 0 radical (unpaired) electrons. The maximum absolute atomic E-state index is 13.3. The van der Waals surface area contributed by atoms with Gasteiger partial charge in [0.15, 0.2) is 5.82 Å². The molecule has 6 nitrogen and oxygen atoms in total. The molecule has 1 saturated heterocycles. The van der Waals surface area contributed by atoms with Gasteiger partial charge in [-0.25, -0.2) is 4.39 Å². The van der Waals surface area contributed by atoms with Crippen molar-refractivity contribution in [3.05, 3.63) is 70.2 Å². The Bertz CT molecular complexity index is 986. The normalized spacial score (nSPS) is 15.0. The fourth-order valence-electron chi connectivity index (χ4n) is 3.17. The Morgan fingerprint density at radius 1 is 1.11 bits per heavy atom. The van der Waals surface area contributed by atoms with E-state index >= 15 is 0 Å². The number of aromatic nitrogens is 2. The van der Waals surface area contributed by atoms with Crippen LogP contribution in [0.3, 0.4) is 0 Å². The van der Waals surface area contributed by atoms with Gasteiger partial charge in [-0.2, -0.15) is 4.98 Å². The number of nitrogens with zero attached hydrogens (tertiary/aromatic N) is 4. The van der Waals surface area contributed by atoms with Gasteiger partial charge in [0.2, 0.25) is 0 Å². The van der Waals surface area contributed by atoms with Crippen molar-refractivity contribution in [1.29, 1.82) is 0 Å². The van der Waals surface area contributed by atoms with Gasteiger partial charge in [0.25, 0.3) is 11.8 Å². The molecule has 3 aromatic rings. The summed E-state index contributed by atoms with van der Waals surface area (Å²) in [5.74, 6) is 0.533. The Balaban J connectivity index is 1.35. The largest absolute Gasteiger partial charge is 0.336 e. The van der Waals surface area contributed by atoms with E-state index in [1.54, 1.807) is 12.1 Å². The first kappa shape index (κ1) is 18.8. The Morgan fingerprint density at radius 3 is 2.64 bits per heavy atom. The molecule has 28 heavy (non-hydrogen) atoms. The predicted molar refractivity (Wildman–Crippen MR) is 105 cm³/mol. The highest BCUT2D eigenvalue weighted by Gasteiger charge is 2.24. The molecule has 0 spiro atoms. The van der Waals surface area contributed by atoms with E-state index in [0.717, 1.165) is 17.6 Å². The number of halogens is 2. The van der Waals surface area contributed by atoms with Crippen LogP contribution in [-0.4, -0.2) is 52.0 Å². The van der Waals surface area contributed by atoms with E-state index in [4.69, 9.17) is 4.52 Å². The van der Waals surface area contributed by atoms with Gasteiger partial charge in [0.1, 0.15) is 5.82 Å². The monoisotopic (exact) mass is 444 g/mol. The van der Waals surface area contributed by atoms with Crippen molar-refractivity contribution in [2.24, 2.45) is 0 Å². The molecule has 8 heteroatoms. The molecule has 0 saturated carbocycles. The van der Waals surface area contributed by atoms with E-state index in [-0.39, 0.29) is 11.7 Å². The van der Waals surface area contributed by atoms with Crippen molar-refractivity contribution >= 4 is 21.8 Å². The average molecular weight is 445 g/mol. The summed E-state index contributed by atoms with van der Waals surface area (Å²) in [6.45, 7) is 3.24. The Morgan fingerprint density at radius 2 is 1.89 bits per heavy atom. The smallest absolute Gasteiger partial charge is 0.258 e. The van der Waals surface area contributed by atoms with E-state index < -0.39 is 0 Å². The standard InChI is InChI=1S/C20H18BrFN4O2/c21-17-7-2-1-6-16(17)20(27)26-10-8-25(9-11-26)13-18-23-19(28-24-18)14-4-3-5-15(22)12-14/h1-7,12H,8-11,13H2. The van der Waals surface area contributed by atoms with Gasteiger partial charge in [-0.15, -0.1) is 0 Å². The molecule has 4 rings (SSSR count). The lowest BCUT2D eigenvalue weighted by Gasteiger charge is -2.34. The van der Waals surface area contributed by atoms with Crippen LogP contribution in [0.5, 0.6) is 0 Å². The number of hydrogen-bond acceptors (Lipinski definition) is 5. The molecular weight excluding hydrogens is 427 g/mol. The van der Waals surface area contributed by atoms with Crippen LogP contribution in [0.15, 0.2) is 57.5 Å². The Labute approximate surface area is 170 Å². The van der Waals surface area contributed by atoms with Crippen LogP contribution in [0.1, 0.15) is 16.2 Å². The highest BCUT2D eigenvalue weighted by atomic mass is 79.9. The van der Waals surface area contributed by atoms with Crippen LogP contribution in [0.2, 0.25) is 0 Å². The number of benzene rings is 2. The highest BCUT2D eigenvalue weighted by Crippen LogP contribution is 2.20. The van der Waals surface area contributed by atoms with Gasteiger partial charge >= 0.3 is 0 Å². The minimum atomic E-state index is -0.344. The van der Waals surface area contributed by atoms with E-state index in [9.17, 15) is 9.18 Å².